The number of nitrogens with zero attached hydrogens (tertiary/aromatic N) is 1. The fourth-order valence-electron chi connectivity index (χ4n) is 4.52. The van der Waals surface area contributed by atoms with Gasteiger partial charge in [0.25, 0.3) is 5.91 Å². The lowest BCUT2D eigenvalue weighted by Gasteiger charge is -2.13. The van der Waals surface area contributed by atoms with Crippen molar-refractivity contribution in [3.05, 3.63) is 69.1 Å². The van der Waals surface area contributed by atoms with Gasteiger partial charge in [0, 0.05) is 16.8 Å². The second kappa shape index (κ2) is 12.7. The van der Waals surface area contributed by atoms with Crippen LogP contribution in [0.3, 0.4) is 0 Å². The molecule has 1 N–H and O–H groups in total. The van der Waals surface area contributed by atoms with Crippen LogP contribution in [0.2, 0.25) is 0 Å². The smallest absolute Gasteiger partial charge is 0.493 e. The Bertz CT molecular complexity index is 1340. The molecule has 1 heterocycles. The van der Waals surface area contributed by atoms with Crippen LogP contribution in [-0.4, -0.2) is 32.0 Å². The first-order valence-electron chi connectivity index (χ1n) is 13.0. The van der Waals surface area contributed by atoms with Gasteiger partial charge in [-0.1, -0.05) is 25.0 Å². The Morgan fingerprint density at radius 1 is 1.05 bits per heavy atom. The number of aliphatic imine (C=N–C) groups is 1. The van der Waals surface area contributed by atoms with Crippen LogP contribution in [0.25, 0.3) is 0 Å². The maximum absolute atomic E-state index is 13.7. The number of carbonyl (C=O) groups excluding carboxylic acids is 2. The summed E-state index contributed by atoms with van der Waals surface area (Å²) >= 11 is 1.60. The largest absolute Gasteiger partial charge is 0.513 e. The second-order valence-electron chi connectivity index (χ2n) is 9.25. The quantitative estimate of drug-likeness (QED) is 0.192. The van der Waals surface area contributed by atoms with E-state index in [-0.39, 0.29) is 18.3 Å². The Hall–Kier alpha value is -3.65. The third kappa shape index (κ3) is 6.42. The molecule has 3 aromatic rings. The Morgan fingerprint density at radius 3 is 2.61 bits per heavy atom. The van der Waals surface area contributed by atoms with Gasteiger partial charge in [-0.25, -0.2) is 9.79 Å². The molecular formula is C30H34N2O5S. The number of hydrogen-bond acceptors (Lipinski definition) is 7. The summed E-state index contributed by atoms with van der Waals surface area (Å²) in [5, 5.41) is 3.85. The minimum Gasteiger partial charge on any atom is -0.493 e. The van der Waals surface area contributed by atoms with Crippen LogP contribution in [0, 0.1) is 13.8 Å². The lowest BCUT2D eigenvalue weighted by atomic mass is 9.96. The predicted molar refractivity (Wildman–Crippen MR) is 152 cm³/mol. The molecule has 0 saturated carbocycles. The summed E-state index contributed by atoms with van der Waals surface area (Å²) in [5.74, 6) is 0.517. The molecule has 200 valence electrons. The summed E-state index contributed by atoms with van der Waals surface area (Å²) in [6.45, 7) is 5.99. The molecule has 0 atom stereocenters. The molecule has 0 unspecified atom stereocenters. The molecule has 1 aromatic heterocycles. The highest BCUT2D eigenvalue weighted by molar-refractivity contribution is 7.16. The maximum Gasteiger partial charge on any atom is 0.513 e. The molecule has 0 spiro atoms. The van der Waals surface area contributed by atoms with Gasteiger partial charge in [-0.15, -0.1) is 11.3 Å². The molecule has 4 rings (SSSR count). The monoisotopic (exact) mass is 534 g/mol. The van der Waals surface area contributed by atoms with E-state index in [1.807, 2.05) is 32.0 Å². The van der Waals surface area contributed by atoms with Gasteiger partial charge in [-0.05, 0) is 93.0 Å². The summed E-state index contributed by atoms with van der Waals surface area (Å²) in [6.07, 6.45) is 7.33. The summed E-state index contributed by atoms with van der Waals surface area (Å²) in [5.41, 5.74) is 5.54. The minimum atomic E-state index is -0.789. The molecule has 8 heteroatoms. The SMILES string of the molecule is CCOC(=O)Oc1ccc(C=Nc2sc3c(c2C(=O)Nc2cccc(C)c2C)CCCCCC3)cc1OC. The van der Waals surface area contributed by atoms with Crippen molar-refractivity contribution in [1.82, 2.24) is 0 Å². The van der Waals surface area contributed by atoms with Gasteiger partial charge in [0.1, 0.15) is 5.00 Å². The Balaban J connectivity index is 1.66. The van der Waals surface area contributed by atoms with Crippen molar-refractivity contribution in [3.8, 4) is 11.5 Å². The molecule has 0 radical (unpaired) electrons. The van der Waals surface area contributed by atoms with E-state index in [4.69, 9.17) is 19.2 Å². The first kappa shape index (κ1) is 27.4. The molecule has 0 fully saturated rings. The molecule has 1 amide bonds. The molecule has 2 aromatic carbocycles. The number of anilines is 1. The van der Waals surface area contributed by atoms with Crippen molar-refractivity contribution >= 4 is 40.3 Å². The van der Waals surface area contributed by atoms with Gasteiger partial charge in [0.15, 0.2) is 11.5 Å². The third-order valence-corrected chi connectivity index (χ3v) is 7.91. The molecule has 0 bridgehead atoms. The molecule has 0 saturated heterocycles. The zero-order chi connectivity index (χ0) is 27.1. The Morgan fingerprint density at radius 2 is 1.84 bits per heavy atom. The fourth-order valence-corrected chi connectivity index (χ4v) is 5.75. The highest BCUT2D eigenvalue weighted by Gasteiger charge is 2.24. The van der Waals surface area contributed by atoms with Crippen LogP contribution in [0.1, 0.15) is 70.1 Å². The van der Waals surface area contributed by atoms with Crippen molar-refractivity contribution in [2.24, 2.45) is 4.99 Å². The number of amides is 1. The van der Waals surface area contributed by atoms with Gasteiger partial charge in [0.05, 0.1) is 19.3 Å². The van der Waals surface area contributed by atoms with E-state index in [1.54, 1.807) is 42.7 Å². The number of thiophene rings is 1. The number of nitrogens with one attached hydrogen (secondary N) is 1. The summed E-state index contributed by atoms with van der Waals surface area (Å²) in [6, 6.07) is 11.1. The Labute approximate surface area is 227 Å². The van der Waals surface area contributed by atoms with Crippen molar-refractivity contribution in [2.75, 3.05) is 19.0 Å². The molecule has 0 aliphatic heterocycles. The third-order valence-electron chi connectivity index (χ3n) is 6.71. The van der Waals surface area contributed by atoms with E-state index < -0.39 is 6.16 Å². The van der Waals surface area contributed by atoms with Gasteiger partial charge >= 0.3 is 6.16 Å². The number of ether oxygens (including phenoxy) is 3. The number of carbonyl (C=O) groups is 2. The molecule has 1 aliphatic carbocycles. The van der Waals surface area contributed by atoms with Crippen LogP contribution in [0.4, 0.5) is 15.5 Å². The van der Waals surface area contributed by atoms with Crippen LogP contribution in [-0.2, 0) is 17.6 Å². The van der Waals surface area contributed by atoms with Crippen molar-refractivity contribution in [2.45, 2.75) is 59.3 Å². The first-order valence-corrected chi connectivity index (χ1v) is 13.8. The second-order valence-corrected chi connectivity index (χ2v) is 10.3. The molecular weight excluding hydrogens is 500 g/mol. The van der Waals surface area contributed by atoms with Crippen molar-refractivity contribution in [1.29, 1.82) is 0 Å². The lowest BCUT2D eigenvalue weighted by molar-refractivity contribution is 0.102. The average Bonchev–Trinajstić information content (AvgIpc) is 3.22. The number of aryl methyl sites for hydroxylation is 2. The van der Waals surface area contributed by atoms with Gasteiger partial charge in [0.2, 0.25) is 0 Å². The van der Waals surface area contributed by atoms with Crippen LogP contribution in [0.5, 0.6) is 11.5 Å². The van der Waals surface area contributed by atoms with E-state index in [2.05, 4.69) is 5.32 Å². The Kier molecular flexibility index (Phi) is 9.18. The fraction of sp³-hybridized carbons (Fsp3) is 0.367. The van der Waals surface area contributed by atoms with Gasteiger partial charge in [-0.2, -0.15) is 0 Å². The molecule has 1 aliphatic rings. The van der Waals surface area contributed by atoms with Crippen LogP contribution >= 0.6 is 11.3 Å². The van der Waals surface area contributed by atoms with E-state index in [0.29, 0.717) is 16.3 Å². The minimum absolute atomic E-state index is 0.125. The summed E-state index contributed by atoms with van der Waals surface area (Å²) in [4.78, 5) is 31.4. The zero-order valence-corrected chi connectivity index (χ0v) is 23.2. The number of methoxy groups -OCH3 is 1. The highest BCUT2D eigenvalue weighted by Crippen LogP contribution is 2.39. The average molecular weight is 535 g/mol. The molecule has 7 nitrogen and oxygen atoms in total. The summed E-state index contributed by atoms with van der Waals surface area (Å²) < 4.78 is 15.5. The number of rotatable bonds is 7. The van der Waals surface area contributed by atoms with E-state index in [1.165, 1.54) is 24.8 Å². The van der Waals surface area contributed by atoms with E-state index in [0.717, 1.165) is 53.6 Å². The van der Waals surface area contributed by atoms with E-state index >= 15 is 0 Å². The number of fused-ring (bicyclic) bond motifs is 1. The van der Waals surface area contributed by atoms with Gasteiger partial charge < -0.3 is 19.5 Å². The maximum atomic E-state index is 13.7. The first-order chi connectivity index (χ1) is 18.4. The van der Waals surface area contributed by atoms with Gasteiger partial charge in [-0.3, -0.25) is 4.79 Å². The standard InChI is InChI=1S/C30H34N2O5S/c1-5-36-30(34)37-24-16-15-21(17-25(24)35-4)18-31-29-27(22-12-8-6-7-9-14-26(22)38-29)28(33)32-23-13-10-11-19(2)20(23)3/h10-11,13,15-18H,5-9,12,14H2,1-4H3,(H,32,33). The van der Waals surface area contributed by atoms with Crippen LogP contribution in [0.15, 0.2) is 41.4 Å². The summed E-state index contributed by atoms with van der Waals surface area (Å²) in [7, 11) is 1.50. The topological polar surface area (TPSA) is 86.2 Å². The lowest BCUT2D eigenvalue weighted by Crippen LogP contribution is -2.15. The molecule has 38 heavy (non-hydrogen) atoms. The predicted octanol–water partition coefficient (Wildman–Crippen LogP) is 7.57. The van der Waals surface area contributed by atoms with Crippen molar-refractivity contribution < 1.29 is 23.8 Å². The zero-order valence-electron chi connectivity index (χ0n) is 22.4. The normalized spacial score (nSPS) is 13.4. The number of hydrogen-bond donors (Lipinski definition) is 1. The van der Waals surface area contributed by atoms with Crippen molar-refractivity contribution in [3.63, 3.8) is 0 Å². The highest BCUT2D eigenvalue weighted by atomic mass is 32.1. The van der Waals surface area contributed by atoms with E-state index in [9.17, 15) is 9.59 Å². The number of benzene rings is 2. The van der Waals surface area contributed by atoms with Crippen LogP contribution < -0.4 is 14.8 Å².